The molecule has 1 saturated carbocycles. The number of carbonyl (C=O) groups is 2. The molecule has 1 N–H and O–H groups in total. The smallest absolute Gasteiger partial charge is 0.323 e. The molecule has 0 bridgehead atoms. The van der Waals surface area contributed by atoms with Gasteiger partial charge in [0.05, 0.1) is 21.9 Å². The summed E-state index contributed by atoms with van der Waals surface area (Å²) in [6, 6.07) is 8.07. The molecule has 3 fully saturated rings. The summed E-state index contributed by atoms with van der Waals surface area (Å²) in [7, 11) is 0. The molecule has 7 heteroatoms. The van der Waals surface area contributed by atoms with Gasteiger partial charge in [0.15, 0.2) is 0 Å². The zero-order valence-electron chi connectivity index (χ0n) is 20.1. The summed E-state index contributed by atoms with van der Waals surface area (Å²) in [5, 5.41) is 4.28. The summed E-state index contributed by atoms with van der Waals surface area (Å²) in [6.45, 7) is 9.05. The van der Waals surface area contributed by atoms with Gasteiger partial charge in [0.25, 0.3) is 5.91 Å². The van der Waals surface area contributed by atoms with Gasteiger partial charge in [0.1, 0.15) is 5.54 Å². The van der Waals surface area contributed by atoms with E-state index in [0.29, 0.717) is 18.5 Å². The second kappa shape index (κ2) is 8.66. The van der Waals surface area contributed by atoms with Crippen molar-refractivity contribution >= 4 is 33.5 Å². The van der Waals surface area contributed by atoms with Crippen LogP contribution in [-0.4, -0.2) is 52.0 Å². The summed E-state index contributed by atoms with van der Waals surface area (Å²) in [5.41, 5.74) is 0.670. The quantitative estimate of drug-likeness (QED) is 0.601. The number of rotatable bonds is 5. The van der Waals surface area contributed by atoms with Gasteiger partial charge in [-0.25, -0.2) is 14.7 Å². The van der Waals surface area contributed by atoms with Crippen LogP contribution in [-0.2, 0) is 4.79 Å². The lowest BCUT2D eigenvalue weighted by Gasteiger charge is -2.42. The first-order chi connectivity index (χ1) is 15.8. The second-order valence-electron chi connectivity index (χ2n) is 10.9. The fourth-order valence-corrected chi connectivity index (χ4v) is 7.07. The standard InChI is InChI=1S/C26H36N4O2S/c1-4-25(2,3)19-11-13-26(14-12-19)23(31)30(24(32)28-26)17-29-15-7-8-18(16-29)22-27-20-9-5-6-10-21(20)33-22/h5-6,9-10,18-19H,4,7-8,11-17H2,1-3H3,(H,28,32)/t18-,19?,26?/m1/s1. The number of benzene rings is 1. The van der Waals surface area contributed by atoms with Crippen LogP contribution in [0.4, 0.5) is 4.79 Å². The lowest BCUT2D eigenvalue weighted by molar-refractivity contribution is -0.134. The molecular formula is C26H36N4O2S. The Balaban J connectivity index is 1.24. The van der Waals surface area contributed by atoms with Gasteiger partial charge >= 0.3 is 6.03 Å². The number of nitrogens with one attached hydrogen (secondary N) is 1. The number of fused-ring (bicyclic) bond motifs is 1. The minimum Gasteiger partial charge on any atom is -0.323 e. The van der Waals surface area contributed by atoms with E-state index in [2.05, 4.69) is 49.2 Å². The van der Waals surface area contributed by atoms with Crippen molar-refractivity contribution in [2.24, 2.45) is 11.3 Å². The molecule has 3 heterocycles. The highest BCUT2D eigenvalue weighted by molar-refractivity contribution is 7.18. The lowest BCUT2D eigenvalue weighted by atomic mass is 9.65. The number of imide groups is 1. The molecule has 1 aromatic heterocycles. The third kappa shape index (κ3) is 4.18. The molecule has 1 aliphatic carbocycles. The third-order valence-corrected chi connectivity index (χ3v) is 9.81. The lowest BCUT2D eigenvalue weighted by Crippen LogP contribution is -2.51. The van der Waals surface area contributed by atoms with Crippen molar-refractivity contribution in [2.45, 2.75) is 77.2 Å². The Bertz CT molecular complexity index is 1010. The Hall–Kier alpha value is -1.99. The van der Waals surface area contributed by atoms with E-state index < -0.39 is 5.54 Å². The molecule has 1 spiro atoms. The first kappa shape index (κ1) is 22.8. The maximum absolute atomic E-state index is 13.5. The predicted octanol–water partition coefficient (Wildman–Crippen LogP) is 5.35. The van der Waals surface area contributed by atoms with Crippen molar-refractivity contribution in [3.63, 3.8) is 0 Å². The zero-order chi connectivity index (χ0) is 23.2. The molecule has 2 saturated heterocycles. The van der Waals surface area contributed by atoms with E-state index in [1.165, 1.54) is 14.6 Å². The highest BCUT2D eigenvalue weighted by atomic mass is 32.1. The fraction of sp³-hybridized carbons (Fsp3) is 0.654. The minimum atomic E-state index is -0.681. The number of amides is 3. The van der Waals surface area contributed by atoms with Crippen molar-refractivity contribution in [3.8, 4) is 0 Å². The van der Waals surface area contributed by atoms with Gasteiger partial charge in [-0.2, -0.15) is 0 Å². The highest BCUT2D eigenvalue weighted by Crippen LogP contribution is 2.45. The third-order valence-electron chi connectivity index (χ3n) is 8.61. The maximum atomic E-state index is 13.5. The average molecular weight is 469 g/mol. The number of hydrogen-bond acceptors (Lipinski definition) is 5. The average Bonchev–Trinajstić information content (AvgIpc) is 3.35. The second-order valence-corrected chi connectivity index (χ2v) is 12.0. The van der Waals surface area contributed by atoms with E-state index >= 15 is 0 Å². The topological polar surface area (TPSA) is 65.5 Å². The molecule has 2 aromatic rings. The van der Waals surface area contributed by atoms with Crippen molar-refractivity contribution in [2.75, 3.05) is 19.8 Å². The number of nitrogens with zero attached hydrogens (tertiary/aromatic N) is 3. The van der Waals surface area contributed by atoms with Crippen LogP contribution in [0.2, 0.25) is 0 Å². The number of para-hydroxylation sites is 1. The van der Waals surface area contributed by atoms with Crippen LogP contribution in [0.3, 0.4) is 0 Å². The molecule has 3 aliphatic rings. The Morgan fingerprint density at radius 1 is 1.18 bits per heavy atom. The van der Waals surface area contributed by atoms with Crippen LogP contribution >= 0.6 is 11.3 Å². The van der Waals surface area contributed by atoms with Crippen molar-refractivity contribution < 1.29 is 9.59 Å². The maximum Gasteiger partial charge on any atom is 0.326 e. The van der Waals surface area contributed by atoms with Crippen LogP contribution in [0, 0.1) is 11.3 Å². The first-order valence-corrected chi connectivity index (χ1v) is 13.3. The fourth-order valence-electron chi connectivity index (χ4n) is 5.97. The number of piperidine rings is 1. The molecule has 0 unspecified atom stereocenters. The largest absolute Gasteiger partial charge is 0.326 e. The van der Waals surface area contributed by atoms with E-state index in [1.807, 2.05) is 6.07 Å². The van der Waals surface area contributed by atoms with Crippen molar-refractivity contribution in [1.29, 1.82) is 0 Å². The summed E-state index contributed by atoms with van der Waals surface area (Å²) in [5.74, 6) is 0.962. The monoisotopic (exact) mass is 468 g/mol. The number of carbonyl (C=O) groups excluding carboxylic acids is 2. The molecule has 1 atom stereocenters. The van der Waals surface area contributed by atoms with E-state index in [1.54, 1.807) is 11.3 Å². The minimum absolute atomic E-state index is 0.0117. The van der Waals surface area contributed by atoms with E-state index in [4.69, 9.17) is 4.98 Å². The molecule has 5 rings (SSSR count). The van der Waals surface area contributed by atoms with E-state index in [9.17, 15) is 9.59 Å². The molecular weight excluding hydrogens is 432 g/mol. The van der Waals surface area contributed by atoms with E-state index in [-0.39, 0.29) is 17.4 Å². The SMILES string of the molecule is CCC(C)(C)C1CCC2(CC1)NC(=O)N(CN1CCC[C@@H](c3nc4ccccc4s3)C1)C2=O. The predicted molar refractivity (Wildman–Crippen MR) is 132 cm³/mol. The number of thiazole rings is 1. The number of likely N-dealkylation sites (tertiary alicyclic amines) is 1. The van der Waals surface area contributed by atoms with Crippen LogP contribution in [0.5, 0.6) is 0 Å². The molecule has 1 aromatic carbocycles. The molecule has 3 amide bonds. The van der Waals surface area contributed by atoms with Crippen LogP contribution < -0.4 is 5.32 Å². The van der Waals surface area contributed by atoms with Crippen LogP contribution in [0.1, 0.15) is 76.6 Å². The van der Waals surface area contributed by atoms with Crippen molar-refractivity contribution in [1.82, 2.24) is 20.1 Å². The Morgan fingerprint density at radius 2 is 1.94 bits per heavy atom. The Kier molecular flexibility index (Phi) is 5.98. The summed E-state index contributed by atoms with van der Waals surface area (Å²) >= 11 is 1.77. The molecule has 0 radical (unpaired) electrons. The van der Waals surface area contributed by atoms with Gasteiger partial charge in [0, 0.05) is 12.5 Å². The van der Waals surface area contributed by atoms with Crippen LogP contribution in [0.25, 0.3) is 10.2 Å². The molecule has 33 heavy (non-hydrogen) atoms. The van der Waals surface area contributed by atoms with E-state index in [0.717, 1.165) is 63.6 Å². The zero-order valence-corrected chi connectivity index (χ0v) is 20.9. The Morgan fingerprint density at radius 3 is 2.67 bits per heavy atom. The van der Waals surface area contributed by atoms with Gasteiger partial charge in [0.2, 0.25) is 0 Å². The Labute approximate surface area is 200 Å². The number of hydrogen-bond donors (Lipinski definition) is 1. The van der Waals surface area contributed by atoms with Gasteiger partial charge in [-0.15, -0.1) is 11.3 Å². The van der Waals surface area contributed by atoms with Gasteiger partial charge in [-0.05, 0) is 68.5 Å². The number of urea groups is 1. The van der Waals surface area contributed by atoms with Gasteiger partial charge in [-0.1, -0.05) is 39.3 Å². The molecule has 2 aliphatic heterocycles. The normalized spacial score (nSPS) is 29.2. The first-order valence-electron chi connectivity index (χ1n) is 12.5. The van der Waals surface area contributed by atoms with Gasteiger partial charge in [-0.3, -0.25) is 9.69 Å². The van der Waals surface area contributed by atoms with Crippen molar-refractivity contribution in [3.05, 3.63) is 29.3 Å². The molecule has 178 valence electrons. The summed E-state index contributed by atoms with van der Waals surface area (Å²) < 4.78 is 1.22. The number of aromatic nitrogens is 1. The summed E-state index contributed by atoms with van der Waals surface area (Å²) in [6.07, 6.45) is 6.83. The summed E-state index contributed by atoms with van der Waals surface area (Å²) in [4.78, 5) is 35.0. The molecule has 6 nitrogen and oxygen atoms in total. The van der Waals surface area contributed by atoms with Gasteiger partial charge < -0.3 is 5.32 Å². The highest BCUT2D eigenvalue weighted by Gasteiger charge is 2.53. The van der Waals surface area contributed by atoms with Crippen LogP contribution in [0.15, 0.2) is 24.3 Å².